The van der Waals surface area contributed by atoms with Crippen LogP contribution in [0.3, 0.4) is 0 Å². The summed E-state index contributed by atoms with van der Waals surface area (Å²) in [7, 11) is 0. The van der Waals surface area contributed by atoms with Crippen molar-refractivity contribution in [3.05, 3.63) is 34.3 Å². The van der Waals surface area contributed by atoms with Gasteiger partial charge >= 0.3 is 0 Å². The molecule has 2 atom stereocenters. The van der Waals surface area contributed by atoms with Crippen LogP contribution in [0.5, 0.6) is 0 Å². The molecule has 1 aromatic carbocycles. The summed E-state index contributed by atoms with van der Waals surface area (Å²) < 4.78 is 1.05. The highest BCUT2D eigenvalue weighted by molar-refractivity contribution is 9.10. The number of rotatable bonds is 5. The first-order chi connectivity index (χ1) is 8.08. The Bertz CT molecular complexity index is 378. The molecule has 17 heavy (non-hydrogen) atoms. The maximum atomic E-state index is 8.67. The summed E-state index contributed by atoms with van der Waals surface area (Å²) >= 11 is 3.40. The van der Waals surface area contributed by atoms with Gasteiger partial charge in [-0.05, 0) is 31.0 Å². The van der Waals surface area contributed by atoms with Gasteiger partial charge in [0, 0.05) is 10.5 Å². The summed E-state index contributed by atoms with van der Waals surface area (Å²) in [5.74, 6) is 0.219. The molecule has 0 fully saturated rings. The smallest absolute Gasteiger partial charge is 0.156 e. The number of benzene rings is 1. The lowest BCUT2D eigenvalue weighted by molar-refractivity contribution is 0.313. The lowest BCUT2D eigenvalue weighted by Gasteiger charge is -2.21. The molecule has 0 saturated heterocycles. The summed E-state index contributed by atoms with van der Waals surface area (Å²) in [5.41, 5.74) is 6.77. The lowest BCUT2D eigenvalue weighted by Crippen LogP contribution is -2.42. The molecule has 0 radical (unpaired) electrons. The fourth-order valence-electron chi connectivity index (χ4n) is 1.63. The maximum absolute atomic E-state index is 8.67. The lowest BCUT2D eigenvalue weighted by atomic mass is 10.1. The number of hydrogen-bond donors (Lipinski definition) is 3. The molecule has 0 bridgehead atoms. The molecule has 0 aliphatic heterocycles. The van der Waals surface area contributed by atoms with E-state index in [4.69, 9.17) is 10.9 Å². The van der Waals surface area contributed by atoms with Gasteiger partial charge in [0.05, 0.1) is 6.04 Å². The summed E-state index contributed by atoms with van der Waals surface area (Å²) in [5, 5.41) is 15.0. The predicted octanol–water partition coefficient (Wildman–Crippen LogP) is 2.62. The van der Waals surface area contributed by atoms with E-state index < -0.39 is 0 Å². The predicted molar refractivity (Wildman–Crippen MR) is 73.2 cm³/mol. The molecular weight excluding hydrogens is 282 g/mol. The summed E-state index contributed by atoms with van der Waals surface area (Å²) in [6.07, 6.45) is 0.775. The minimum absolute atomic E-state index is 0.112. The van der Waals surface area contributed by atoms with E-state index in [1.807, 2.05) is 31.2 Å². The van der Waals surface area contributed by atoms with Crippen LogP contribution in [-0.2, 0) is 0 Å². The Balaban J connectivity index is 2.70. The third kappa shape index (κ3) is 4.02. The quantitative estimate of drug-likeness (QED) is 0.339. The molecule has 0 saturated carbocycles. The molecule has 94 valence electrons. The normalized spacial score (nSPS) is 15.6. The van der Waals surface area contributed by atoms with Crippen LogP contribution in [0.15, 0.2) is 33.9 Å². The third-order valence-corrected chi connectivity index (χ3v) is 3.23. The van der Waals surface area contributed by atoms with Crippen LogP contribution in [-0.4, -0.2) is 17.1 Å². The van der Waals surface area contributed by atoms with Crippen LogP contribution in [0.1, 0.15) is 31.9 Å². The second kappa shape index (κ2) is 6.61. The van der Waals surface area contributed by atoms with E-state index in [0.717, 1.165) is 16.5 Å². The average molecular weight is 300 g/mol. The molecule has 1 aromatic rings. The molecule has 0 aliphatic rings. The molecule has 1 unspecified atom stereocenters. The second-order valence-corrected chi connectivity index (χ2v) is 4.84. The van der Waals surface area contributed by atoms with Crippen molar-refractivity contribution in [3.63, 3.8) is 0 Å². The van der Waals surface area contributed by atoms with Crippen LogP contribution in [0.2, 0.25) is 0 Å². The van der Waals surface area contributed by atoms with Crippen LogP contribution in [0, 0.1) is 0 Å². The van der Waals surface area contributed by atoms with Crippen molar-refractivity contribution in [3.8, 4) is 0 Å². The van der Waals surface area contributed by atoms with Crippen molar-refractivity contribution in [2.45, 2.75) is 32.4 Å². The molecular formula is C12H18BrN3O. The molecule has 0 aliphatic carbocycles. The zero-order valence-electron chi connectivity index (χ0n) is 10.0. The third-order valence-electron chi connectivity index (χ3n) is 2.70. The fourth-order valence-corrected chi connectivity index (χ4v) is 1.90. The topological polar surface area (TPSA) is 70.6 Å². The molecule has 0 spiro atoms. The van der Waals surface area contributed by atoms with Gasteiger partial charge in [0.25, 0.3) is 0 Å². The van der Waals surface area contributed by atoms with E-state index in [0.29, 0.717) is 0 Å². The van der Waals surface area contributed by atoms with Gasteiger partial charge in [0.1, 0.15) is 0 Å². The first-order valence-corrected chi connectivity index (χ1v) is 6.36. The Morgan fingerprint density at radius 1 is 1.47 bits per heavy atom. The van der Waals surface area contributed by atoms with Gasteiger partial charge in [-0.1, -0.05) is 40.1 Å². The Kier molecular flexibility index (Phi) is 5.44. The Hall–Kier alpha value is -1.07. The van der Waals surface area contributed by atoms with E-state index in [1.165, 1.54) is 0 Å². The maximum Gasteiger partial charge on any atom is 0.156 e. The Labute approximate surface area is 110 Å². The van der Waals surface area contributed by atoms with E-state index >= 15 is 0 Å². The summed E-state index contributed by atoms with van der Waals surface area (Å²) in [4.78, 5) is 0. The molecule has 0 aromatic heterocycles. The number of nitrogens with zero attached hydrogens (tertiary/aromatic N) is 1. The first-order valence-electron chi connectivity index (χ1n) is 5.57. The van der Waals surface area contributed by atoms with Crippen molar-refractivity contribution in [1.82, 2.24) is 5.32 Å². The largest absolute Gasteiger partial charge is 0.409 e. The van der Waals surface area contributed by atoms with Gasteiger partial charge < -0.3 is 16.3 Å². The van der Waals surface area contributed by atoms with E-state index in [2.05, 4.69) is 33.3 Å². The number of oxime groups is 1. The van der Waals surface area contributed by atoms with E-state index in [1.54, 1.807) is 0 Å². The van der Waals surface area contributed by atoms with E-state index in [-0.39, 0.29) is 17.9 Å². The highest BCUT2D eigenvalue weighted by atomic mass is 79.9. The number of halogens is 1. The molecule has 0 amide bonds. The second-order valence-electron chi connectivity index (χ2n) is 3.93. The van der Waals surface area contributed by atoms with Crippen molar-refractivity contribution >= 4 is 21.8 Å². The summed E-state index contributed by atoms with van der Waals surface area (Å²) in [6, 6.07) is 8.12. The van der Waals surface area contributed by atoms with Gasteiger partial charge in [0.15, 0.2) is 5.84 Å². The number of nitrogens with one attached hydrogen (secondary N) is 1. The standard InChI is InChI=1S/C12H18BrN3O/c1-3-11(12(14)16-17)15-8(2)9-4-6-10(13)7-5-9/h4-8,11,15,17H,3H2,1-2H3,(H2,14,16)/t8-,11?/m0/s1. The van der Waals surface area contributed by atoms with Gasteiger partial charge in [0.2, 0.25) is 0 Å². The minimum Gasteiger partial charge on any atom is -0.409 e. The van der Waals surface area contributed by atoms with E-state index in [9.17, 15) is 0 Å². The van der Waals surface area contributed by atoms with Crippen LogP contribution >= 0.6 is 15.9 Å². The number of amidine groups is 1. The zero-order chi connectivity index (χ0) is 12.8. The van der Waals surface area contributed by atoms with Crippen LogP contribution < -0.4 is 11.1 Å². The molecule has 0 heterocycles. The van der Waals surface area contributed by atoms with Crippen molar-refractivity contribution in [1.29, 1.82) is 0 Å². The Morgan fingerprint density at radius 2 is 2.06 bits per heavy atom. The van der Waals surface area contributed by atoms with Gasteiger partial charge in [-0.3, -0.25) is 0 Å². The molecule has 5 heteroatoms. The van der Waals surface area contributed by atoms with Crippen LogP contribution in [0.25, 0.3) is 0 Å². The Morgan fingerprint density at radius 3 is 2.53 bits per heavy atom. The molecule has 1 rings (SSSR count). The van der Waals surface area contributed by atoms with Gasteiger partial charge in [-0.2, -0.15) is 0 Å². The molecule has 4 nitrogen and oxygen atoms in total. The summed E-state index contributed by atoms with van der Waals surface area (Å²) in [6.45, 7) is 4.04. The van der Waals surface area contributed by atoms with Crippen molar-refractivity contribution in [2.24, 2.45) is 10.9 Å². The highest BCUT2D eigenvalue weighted by Gasteiger charge is 2.15. The fraction of sp³-hybridized carbons (Fsp3) is 0.417. The highest BCUT2D eigenvalue weighted by Crippen LogP contribution is 2.17. The van der Waals surface area contributed by atoms with Gasteiger partial charge in [-0.15, -0.1) is 0 Å². The van der Waals surface area contributed by atoms with Crippen molar-refractivity contribution < 1.29 is 5.21 Å². The van der Waals surface area contributed by atoms with Crippen LogP contribution in [0.4, 0.5) is 0 Å². The van der Waals surface area contributed by atoms with Crippen molar-refractivity contribution in [2.75, 3.05) is 0 Å². The first kappa shape index (κ1) is 14.0. The number of nitrogens with two attached hydrogens (primary N) is 1. The average Bonchev–Trinajstić information content (AvgIpc) is 2.35. The SMILES string of the molecule is CCC(N[C@@H](C)c1ccc(Br)cc1)/C(N)=N/O. The van der Waals surface area contributed by atoms with Gasteiger partial charge in [-0.25, -0.2) is 0 Å². The monoisotopic (exact) mass is 299 g/mol. The molecule has 4 N–H and O–H groups in total. The zero-order valence-corrected chi connectivity index (χ0v) is 11.6. The minimum atomic E-state index is -0.112. The number of hydrogen-bond acceptors (Lipinski definition) is 3.